The number of imide groups is 1. The Morgan fingerprint density at radius 3 is 2.37 bits per heavy atom. The molecule has 3 rings (SSSR count). The Kier molecular flexibility index (Phi) is 8.79. The first-order valence-electron chi connectivity index (χ1n) is 11.4. The number of pyridine rings is 1. The maximum atomic E-state index is 14.8. The van der Waals surface area contributed by atoms with Crippen LogP contribution in [0.4, 0.5) is 29.9 Å². The number of nitrogens with zero attached hydrogens (tertiary/aromatic N) is 1. The average Bonchev–Trinajstić information content (AvgIpc) is 2.80. The Bertz CT molecular complexity index is 1330. The highest BCUT2D eigenvalue weighted by Gasteiger charge is 2.18. The van der Waals surface area contributed by atoms with Gasteiger partial charge < -0.3 is 25.8 Å². The van der Waals surface area contributed by atoms with Gasteiger partial charge in [0.05, 0.1) is 18.5 Å². The highest BCUT2D eigenvalue weighted by molar-refractivity contribution is 6.01. The zero-order chi connectivity index (χ0) is 27.9. The lowest BCUT2D eigenvalue weighted by Crippen LogP contribution is -2.35. The van der Waals surface area contributed by atoms with E-state index in [9.17, 15) is 23.2 Å². The molecule has 3 aromatic rings. The molecule has 0 aliphatic rings. The van der Waals surface area contributed by atoms with Gasteiger partial charge in [-0.05, 0) is 56.7 Å². The number of rotatable bonds is 7. The maximum Gasteiger partial charge on any atom is 0.407 e. The van der Waals surface area contributed by atoms with Crippen LogP contribution in [0.5, 0.6) is 11.5 Å². The molecule has 0 aliphatic heterocycles. The molecule has 5 N–H and O–H groups in total. The Hall–Kier alpha value is -4.74. The fraction of sp³-hybridized carbons (Fsp3) is 0.231. The van der Waals surface area contributed by atoms with Gasteiger partial charge in [0.25, 0.3) is 0 Å². The summed E-state index contributed by atoms with van der Waals surface area (Å²) in [6, 6.07) is 9.48. The molecule has 38 heavy (non-hydrogen) atoms. The Balaban J connectivity index is 1.61. The van der Waals surface area contributed by atoms with Crippen molar-refractivity contribution in [1.82, 2.24) is 15.6 Å². The molecule has 2 aromatic carbocycles. The van der Waals surface area contributed by atoms with E-state index in [4.69, 9.17) is 15.2 Å². The van der Waals surface area contributed by atoms with Crippen molar-refractivity contribution in [3.63, 3.8) is 0 Å². The van der Waals surface area contributed by atoms with Crippen LogP contribution in [0.15, 0.2) is 54.7 Å². The lowest BCUT2D eigenvalue weighted by atomic mass is 10.1. The van der Waals surface area contributed by atoms with E-state index in [2.05, 4.69) is 20.9 Å². The van der Waals surface area contributed by atoms with Gasteiger partial charge in [0, 0.05) is 18.0 Å². The minimum Gasteiger partial charge on any atom is -0.454 e. The monoisotopic (exact) mass is 527 g/mol. The van der Waals surface area contributed by atoms with E-state index in [-0.39, 0.29) is 36.0 Å². The smallest absolute Gasteiger partial charge is 0.407 e. The second-order valence-electron chi connectivity index (χ2n) is 9.08. The summed E-state index contributed by atoms with van der Waals surface area (Å²) in [5.74, 6) is -1.86. The summed E-state index contributed by atoms with van der Waals surface area (Å²) >= 11 is 0. The lowest BCUT2D eigenvalue weighted by Gasteiger charge is -2.20. The molecule has 0 atom stereocenters. The standard InChI is InChI=1S/C26H27F2N5O5/c1-26(2,3)38-25(36)31-14-18-20(10-11-30-23(18)29)37-21-9-8-17(13-19(21)28)32-24(35)33-22(34)12-15-4-6-16(27)7-5-15/h4-11,13H,12,14H2,1-3H3,(H2,29,30)(H,31,36)(H2,32,33,34,35). The SMILES string of the molecule is CC(C)(C)OC(=O)NCc1c(Oc2ccc(NC(=O)NC(=O)Cc3ccc(F)cc3)cc2F)ccnc1N. The van der Waals surface area contributed by atoms with Gasteiger partial charge in [-0.1, -0.05) is 12.1 Å². The fourth-order valence-corrected chi connectivity index (χ4v) is 3.14. The molecule has 10 nitrogen and oxygen atoms in total. The van der Waals surface area contributed by atoms with Crippen molar-refractivity contribution in [2.24, 2.45) is 0 Å². The first-order chi connectivity index (χ1) is 17.9. The van der Waals surface area contributed by atoms with Crippen molar-refractivity contribution in [2.75, 3.05) is 11.1 Å². The second-order valence-corrected chi connectivity index (χ2v) is 9.08. The summed E-state index contributed by atoms with van der Waals surface area (Å²) in [4.78, 5) is 40.1. The summed E-state index contributed by atoms with van der Waals surface area (Å²) in [5, 5.41) is 7.02. The highest BCUT2D eigenvalue weighted by atomic mass is 19.1. The molecule has 4 amide bonds. The van der Waals surface area contributed by atoms with E-state index >= 15 is 0 Å². The molecule has 0 bridgehead atoms. The Labute approximate surface area is 217 Å². The van der Waals surface area contributed by atoms with Gasteiger partial charge in [0.1, 0.15) is 23.0 Å². The zero-order valence-electron chi connectivity index (χ0n) is 20.9. The normalized spacial score (nSPS) is 10.9. The third-order valence-corrected chi connectivity index (χ3v) is 4.80. The lowest BCUT2D eigenvalue weighted by molar-refractivity contribution is -0.119. The molecule has 1 aromatic heterocycles. The number of carbonyl (C=O) groups excluding carboxylic acids is 3. The predicted octanol–water partition coefficient (Wildman–Crippen LogP) is 4.65. The topological polar surface area (TPSA) is 145 Å². The van der Waals surface area contributed by atoms with E-state index < -0.39 is 35.3 Å². The molecule has 12 heteroatoms. The third-order valence-electron chi connectivity index (χ3n) is 4.80. The highest BCUT2D eigenvalue weighted by Crippen LogP contribution is 2.31. The third kappa shape index (κ3) is 8.43. The second kappa shape index (κ2) is 12.0. The number of nitrogen functional groups attached to an aromatic ring is 1. The van der Waals surface area contributed by atoms with E-state index in [1.807, 2.05) is 0 Å². The van der Waals surface area contributed by atoms with Crippen molar-refractivity contribution < 1.29 is 32.6 Å². The fourth-order valence-electron chi connectivity index (χ4n) is 3.14. The number of carbonyl (C=O) groups is 3. The molecule has 0 aliphatic carbocycles. The van der Waals surface area contributed by atoms with Gasteiger partial charge in [-0.25, -0.2) is 23.4 Å². The number of ether oxygens (including phenoxy) is 2. The van der Waals surface area contributed by atoms with Crippen molar-refractivity contribution in [1.29, 1.82) is 0 Å². The van der Waals surface area contributed by atoms with Crippen molar-refractivity contribution in [3.05, 3.63) is 77.5 Å². The minimum atomic E-state index is -0.873. The molecule has 0 spiro atoms. The summed E-state index contributed by atoms with van der Waals surface area (Å²) in [6.07, 6.45) is 0.542. The van der Waals surface area contributed by atoms with Gasteiger partial charge in [0.2, 0.25) is 5.91 Å². The summed E-state index contributed by atoms with van der Waals surface area (Å²) in [7, 11) is 0. The number of aromatic nitrogens is 1. The molecule has 1 heterocycles. The maximum absolute atomic E-state index is 14.8. The first kappa shape index (κ1) is 27.8. The van der Waals surface area contributed by atoms with Gasteiger partial charge >= 0.3 is 12.1 Å². The molecular weight excluding hydrogens is 500 g/mol. The van der Waals surface area contributed by atoms with Crippen LogP contribution >= 0.6 is 0 Å². The molecule has 200 valence electrons. The number of hydrogen-bond acceptors (Lipinski definition) is 7. The Morgan fingerprint density at radius 1 is 1.00 bits per heavy atom. The van der Waals surface area contributed by atoms with E-state index in [0.717, 1.165) is 6.07 Å². The van der Waals surface area contributed by atoms with Crippen LogP contribution in [0.25, 0.3) is 0 Å². The van der Waals surface area contributed by atoms with Gasteiger partial charge in [-0.3, -0.25) is 10.1 Å². The average molecular weight is 528 g/mol. The number of alkyl carbamates (subject to hydrolysis) is 1. The number of hydrogen-bond donors (Lipinski definition) is 4. The van der Waals surface area contributed by atoms with Crippen molar-refractivity contribution in [2.45, 2.75) is 39.3 Å². The number of anilines is 2. The largest absolute Gasteiger partial charge is 0.454 e. The van der Waals surface area contributed by atoms with Crippen LogP contribution in [0.1, 0.15) is 31.9 Å². The zero-order valence-corrected chi connectivity index (χ0v) is 20.9. The van der Waals surface area contributed by atoms with Crippen LogP contribution in [0.3, 0.4) is 0 Å². The number of nitrogens with two attached hydrogens (primary N) is 1. The van der Waals surface area contributed by atoms with Gasteiger partial charge in [-0.2, -0.15) is 0 Å². The van der Waals surface area contributed by atoms with E-state index in [1.54, 1.807) is 20.8 Å². The summed E-state index contributed by atoms with van der Waals surface area (Å²) in [6.45, 7) is 5.07. The molecule has 0 radical (unpaired) electrons. The van der Waals surface area contributed by atoms with Crippen LogP contribution in [0, 0.1) is 11.6 Å². The number of halogens is 2. The number of urea groups is 1. The van der Waals surface area contributed by atoms with E-state index in [0.29, 0.717) is 11.1 Å². The first-order valence-corrected chi connectivity index (χ1v) is 11.4. The van der Waals surface area contributed by atoms with Crippen molar-refractivity contribution >= 4 is 29.5 Å². The van der Waals surface area contributed by atoms with Gasteiger partial charge in [0.15, 0.2) is 11.6 Å². The molecule has 0 saturated heterocycles. The Morgan fingerprint density at radius 2 is 1.71 bits per heavy atom. The molecule has 0 saturated carbocycles. The molecular formula is C26H27F2N5O5. The molecule has 0 unspecified atom stereocenters. The van der Waals surface area contributed by atoms with Crippen LogP contribution in [0.2, 0.25) is 0 Å². The van der Waals surface area contributed by atoms with Gasteiger partial charge in [-0.15, -0.1) is 0 Å². The summed E-state index contributed by atoms with van der Waals surface area (Å²) in [5.41, 5.74) is 6.10. The van der Waals surface area contributed by atoms with Crippen molar-refractivity contribution in [3.8, 4) is 11.5 Å². The quantitative estimate of drug-likeness (QED) is 0.350. The minimum absolute atomic E-state index is 0.0583. The van der Waals surface area contributed by atoms with Crippen LogP contribution in [-0.4, -0.2) is 28.6 Å². The van der Waals surface area contributed by atoms with E-state index in [1.165, 1.54) is 48.7 Å². The number of benzene rings is 2. The number of nitrogens with one attached hydrogen (secondary N) is 3. The predicted molar refractivity (Wildman–Crippen MR) is 135 cm³/mol. The van der Waals surface area contributed by atoms with Crippen LogP contribution in [-0.2, 0) is 22.5 Å². The summed E-state index contributed by atoms with van der Waals surface area (Å²) < 4.78 is 38.6. The van der Waals surface area contributed by atoms with Crippen LogP contribution < -0.4 is 26.4 Å². The molecule has 0 fully saturated rings. The number of amides is 4.